The third-order valence-corrected chi connectivity index (χ3v) is 7.30. The van der Waals surface area contributed by atoms with E-state index < -0.39 is 17.9 Å². The first-order valence-electron chi connectivity index (χ1n) is 11.1. The van der Waals surface area contributed by atoms with Gasteiger partial charge in [-0.2, -0.15) is 0 Å². The third kappa shape index (κ3) is 3.67. The summed E-state index contributed by atoms with van der Waals surface area (Å²) in [6.45, 7) is -0.128. The summed E-state index contributed by atoms with van der Waals surface area (Å²) in [5, 5.41) is 13.2. The number of aliphatic hydroxyl groups is 1. The molecule has 36 heavy (non-hydrogen) atoms. The zero-order valence-corrected chi connectivity index (χ0v) is 20.8. The summed E-state index contributed by atoms with van der Waals surface area (Å²) in [7, 11) is 0. The summed E-state index contributed by atoms with van der Waals surface area (Å²) in [4.78, 5) is 34.7. The number of aromatic nitrogens is 3. The quantitative estimate of drug-likeness (QED) is 0.276. The molecule has 3 aromatic carbocycles. The van der Waals surface area contributed by atoms with E-state index >= 15 is 0 Å². The molecular formula is C26H17Cl3N4O3. The minimum Gasteiger partial charge on any atom is -0.389 e. The van der Waals surface area contributed by atoms with Crippen LogP contribution in [0.5, 0.6) is 0 Å². The monoisotopic (exact) mass is 538 g/mol. The van der Waals surface area contributed by atoms with Gasteiger partial charge in [0.1, 0.15) is 5.82 Å². The van der Waals surface area contributed by atoms with Crippen LogP contribution in [-0.2, 0) is 6.54 Å². The highest BCUT2D eigenvalue weighted by Gasteiger charge is 2.36. The number of imide groups is 1. The smallest absolute Gasteiger partial charge is 0.261 e. The lowest BCUT2D eigenvalue weighted by Crippen LogP contribution is -2.38. The van der Waals surface area contributed by atoms with Crippen LogP contribution in [0.15, 0.2) is 60.8 Å². The van der Waals surface area contributed by atoms with Crippen molar-refractivity contribution in [2.24, 2.45) is 0 Å². The number of benzene rings is 3. The number of nitrogens with zero attached hydrogens (tertiary/aromatic N) is 3. The number of fused-ring (bicyclic) bond motifs is 3. The Labute approximate surface area is 219 Å². The molecule has 2 aromatic heterocycles. The van der Waals surface area contributed by atoms with Gasteiger partial charge in [-0.25, -0.2) is 4.98 Å². The second kappa shape index (κ2) is 8.64. The summed E-state index contributed by atoms with van der Waals surface area (Å²) < 4.78 is 1.81. The molecule has 0 radical (unpaired) electrons. The van der Waals surface area contributed by atoms with E-state index in [2.05, 4.69) is 4.98 Å². The molecule has 1 aliphatic rings. The Hall–Kier alpha value is -3.36. The molecule has 10 heteroatoms. The van der Waals surface area contributed by atoms with Gasteiger partial charge in [-0.3, -0.25) is 14.5 Å². The second-order valence-electron chi connectivity index (χ2n) is 8.61. The van der Waals surface area contributed by atoms with Crippen LogP contribution in [-0.4, -0.2) is 49.0 Å². The van der Waals surface area contributed by atoms with Crippen molar-refractivity contribution >= 4 is 68.6 Å². The number of imidazole rings is 1. The van der Waals surface area contributed by atoms with Crippen LogP contribution >= 0.6 is 34.8 Å². The van der Waals surface area contributed by atoms with Crippen LogP contribution in [0.2, 0.25) is 15.1 Å². The van der Waals surface area contributed by atoms with Crippen molar-refractivity contribution in [1.29, 1.82) is 0 Å². The minimum atomic E-state index is -1.08. The first-order valence-corrected chi connectivity index (χ1v) is 12.2. The SMILES string of the molecule is O=C1c2ccccc2C(=O)N1CC(O)Cn1c(-c2c[nH]c3ccc(Cl)cc23)nc2cc(Cl)c(Cl)cc21. The molecule has 0 saturated carbocycles. The summed E-state index contributed by atoms with van der Waals surface area (Å²) in [5.74, 6) is -0.295. The molecule has 6 rings (SSSR count). The van der Waals surface area contributed by atoms with E-state index in [4.69, 9.17) is 39.8 Å². The van der Waals surface area contributed by atoms with Crippen molar-refractivity contribution in [2.45, 2.75) is 12.6 Å². The largest absolute Gasteiger partial charge is 0.389 e. The zero-order valence-electron chi connectivity index (χ0n) is 18.5. The Morgan fingerprint density at radius 1 is 0.889 bits per heavy atom. The molecule has 2 amide bonds. The summed E-state index contributed by atoms with van der Waals surface area (Å²) >= 11 is 18.8. The van der Waals surface area contributed by atoms with Gasteiger partial charge in [0, 0.05) is 27.7 Å². The van der Waals surface area contributed by atoms with Crippen molar-refractivity contribution in [2.75, 3.05) is 6.54 Å². The number of carbonyl (C=O) groups is 2. The van der Waals surface area contributed by atoms with E-state index in [-0.39, 0.29) is 13.1 Å². The van der Waals surface area contributed by atoms with Crippen LogP contribution in [0, 0.1) is 0 Å². The lowest BCUT2D eigenvalue weighted by atomic mass is 10.1. The topological polar surface area (TPSA) is 91.2 Å². The van der Waals surface area contributed by atoms with Crippen molar-refractivity contribution < 1.29 is 14.7 Å². The van der Waals surface area contributed by atoms with E-state index in [1.165, 1.54) is 0 Å². The van der Waals surface area contributed by atoms with Gasteiger partial charge < -0.3 is 14.7 Å². The first-order chi connectivity index (χ1) is 17.3. The summed E-state index contributed by atoms with van der Waals surface area (Å²) in [5.41, 5.74) is 3.54. The molecule has 0 spiro atoms. The fraction of sp³-hybridized carbons (Fsp3) is 0.115. The number of hydrogen-bond donors (Lipinski definition) is 2. The number of nitrogens with one attached hydrogen (secondary N) is 1. The van der Waals surface area contributed by atoms with Crippen LogP contribution in [0.4, 0.5) is 0 Å². The fourth-order valence-electron chi connectivity index (χ4n) is 4.67. The number of H-pyrrole nitrogens is 1. The van der Waals surface area contributed by atoms with E-state index in [0.717, 1.165) is 21.4 Å². The maximum atomic E-state index is 12.8. The van der Waals surface area contributed by atoms with Crippen LogP contribution in [0.3, 0.4) is 0 Å². The molecule has 0 bridgehead atoms. The average Bonchev–Trinajstić information content (AvgIpc) is 3.49. The van der Waals surface area contributed by atoms with Crippen LogP contribution in [0.1, 0.15) is 20.7 Å². The maximum Gasteiger partial charge on any atom is 0.261 e. The normalized spacial score (nSPS) is 14.3. The van der Waals surface area contributed by atoms with Gasteiger partial charge in [0.15, 0.2) is 0 Å². The Balaban J connectivity index is 1.41. The van der Waals surface area contributed by atoms with Gasteiger partial charge in [-0.1, -0.05) is 46.9 Å². The third-order valence-electron chi connectivity index (χ3n) is 6.34. The van der Waals surface area contributed by atoms with Gasteiger partial charge in [-0.15, -0.1) is 0 Å². The Kier molecular flexibility index (Phi) is 5.53. The van der Waals surface area contributed by atoms with Crippen molar-refractivity contribution in [3.05, 3.63) is 87.0 Å². The van der Waals surface area contributed by atoms with Crippen LogP contribution < -0.4 is 0 Å². The standard InChI is InChI=1S/C26H17Cl3N4O3/c27-13-5-6-21-17(7-13)18(10-30-21)24-31-22-8-19(28)20(29)9-23(22)32(24)11-14(34)12-33-25(35)15-3-1-2-4-16(15)26(33)36/h1-10,14,30,34H,11-12H2. The number of halogens is 3. The van der Waals surface area contributed by atoms with Gasteiger partial charge in [-0.05, 0) is 42.5 Å². The van der Waals surface area contributed by atoms with Gasteiger partial charge in [0.05, 0.1) is 51.4 Å². The highest BCUT2D eigenvalue weighted by Crippen LogP contribution is 2.35. The molecule has 2 N–H and O–H groups in total. The van der Waals surface area contributed by atoms with Crippen molar-refractivity contribution in [3.8, 4) is 11.4 Å². The molecular weight excluding hydrogens is 523 g/mol. The lowest BCUT2D eigenvalue weighted by Gasteiger charge is -2.20. The van der Waals surface area contributed by atoms with E-state index in [1.807, 2.05) is 22.9 Å². The maximum absolute atomic E-state index is 12.8. The van der Waals surface area contributed by atoms with Gasteiger partial charge in [0.25, 0.3) is 11.8 Å². The fourth-order valence-corrected chi connectivity index (χ4v) is 5.16. The Morgan fingerprint density at radius 2 is 1.58 bits per heavy atom. The minimum absolute atomic E-state index is 0.0461. The van der Waals surface area contributed by atoms with Gasteiger partial charge >= 0.3 is 0 Å². The summed E-state index contributed by atoms with van der Waals surface area (Å²) in [6, 6.07) is 15.5. The zero-order chi connectivity index (χ0) is 25.1. The molecule has 1 unspecified atom stereocenters. The van der Waals surface area contributed by atoms with Gasteiger partial charge in [0.2, 0.25) is 0 Å². The Bertz CT molecular complexity index is 1670. The number of aromatic amines is 1. The second-order valence-corrected chi connectivity index (χ2v) is 9.86. The molecule has 0 aliphatic carbocycles. The molecule has 0 fully saturated rings. The number of amides is 2. The van der Waals surface area contributed by atoms with E-state index in [9.17, 15) is 14.7 Å². The average molecular weight is 540 g/mol. The molecule has 3 heterocycles. The molecule has 1 aliphatic heterocycles. The van der Waals surface area contributed by atoms with Crippen molar-refractivity contribution in [1.82, 2.24) is 19.4 Å². The number of rotatable bonds is 5. The van der Waals surface area contributed by atoms with Crippen LogP contribution in [0.25, 0.3) is 33.3 Å². The molecule has 180 valence electrons. The molecule has 7 nitrogen and oxygen atoms in total. The molecule has 0 saturated heterocycles. The number of aliphatic hydroxyl groups excluding tert-OH is 1. The molecule has 1 atom stereocenters. The number of hydrogen-bond acceptors (Lipinski definition) is 4. The van der Waals surface area contributed by atoms with E-state index in [0.29, 0.717) is 43.1 Å². The Morgan fingerprint density at radius 3 is 2.31 bits per heavy atom. The predicted molar refractivity (Wildman–Crippen MR) is 140 cm³/mol. The predicted octanol–water partition coefficient (Wildman–Crippen LogP) is 5.80. The molecule has 5 aromatic rings. The highest BCUT2D eigenvalue weighted by molar-refractivity contribution is 6.42. The first kappa shape index (κ1) is 23.1. The van der Waals surface area contributed by atoms with Crippen molar-refractivity contribution in [3.63, 3.8) is 0 Å². The van der Waals surface area contributed by atoms with E-state index in [1.54, 1.807) is 42.5 Å². The lowest BCUT2D eigenvalue weighted by molar-refractivity contribution is 0.0523. The number of carbonyl (C=O) groups excluding carboxylic acids is 2. The highest BCUT2D eigenvalue weighted by atomic mass is 35.5. The number of β-amino-alcohol motifs (C(OH)–C–C–N with tert-alkyl or cyclic N) is 1. The summed E-state index contributed by atoms with van der Waals surface area (Å²) in [6.07, 6.45) is 0.741.